The monoisotopic (exact) mass is 365 g/mol. The van der Waals surface area contributed by atoms with Gasteiger partial charge in [0.05, 0.1) is 12.8 Å². The zero-order valence-corrected chi connectivity index (χ0v) is 15.8. The second kappa shape index (κ2) is 8.03. The summed E-state index contributed by atoms with van der Waals surface area (Å²) in [7, 11) is 1.61. The first-order valence-corrected chi connectivity index (χ1v) is 8.86. The maximum absolute atomic E-state index is 12.4. The molecule has 0 saturated carbocycles. The van der Waals surface area contributed by atoms with Crippen molar-refractivity contribution in [1.29, 1.82) is 0 Å². The van der Waals surface area contributed by atoms with E-state index in [-0.39, 0.29) is 18.4 Å². The first-order valence-electron chi connectivity index (χ1n) is 8.86. The number of hydrazone groups is 1. The molecule has 0 radical (unpaired) electrons. The average Bonchev–Trinajstić information content (AvgIpc) is 2.67. The molecule has 6 nitrogen and oxygen atoms in total. The molecule has 2 amide bonds. The van der Waals surface area contributed by atoms with Crippen LogP contribution in [0, 0.1) is 13.8 Å². The third-order valence-electron chi connectivity index (χ3n) is 4.70. The molecule has 1 aliphatic rings. The predicted octanol–water partition coefficient (Wildman–Crippen LogP) is 3.28. The van der Waals surface area contributed by atoms with Crippen LogP contribution in [-0.2, 0) is 9.59 Å². The van der Waals surface area contributed by atoms with Crippen LogP contribution >= 0.6 is 0 Å². The topological polar surface area (TPSA) is 71.0 Å². The molecule has 2 aromatic rings. The number of carbonyl (C=O) groups is 2. The molecule has 27 heavy (non-hydrogen) atoms. The molecule has 0 bridgehead atoms. The highest BCUT2D eigenvalue weighted by atomic mass is 16.5. The van der Waals surface area contributed by atoms with Gasteiger partial charge in [-0.2, -0.15) is 5.10 Å². The molecule has 0 fully saturated rings. The molecule has 3 rings (SSSR count). The Bertz CT molecular complexity index is 888. The fraction of sp³-hybridized carbons (Fsp3) is 0.286. The van der Waals surface area contributed by atoms with Crippen LogP contribution in [0.1, 0.15) is 29.5 Å². The maximum atomic E-state index is 12.4. The largest absolute Gasteiger partial charge is 0.497 e. The lowest BCUT2D eigenvalue weighted by molar-refractivity contribution is -0.135. The highest BCUT2D eigenvalue weighted by Crippen LogP contribution is 2.20. The third-order valence-corrected chi connectivity index (χ3v) is 4.70. The number of amides is 2. The maximum Gasteiger partial charge on any atom is 0.246 e. The molecule has 140 valence electrons. The van der Waals surface area contributed by atoms with Gasteiger partial charge in [0.1, 0.15) is 12.3 Å². The number of nitrogens with one attached hydrogen (secondary N) is 1. The van der Waals surface area contributed by atoms with Gasteiger partial charge in [0.25, 0.3) is 0 Å². The minimum atomic E-state index is -0.267. The van der Waals surface area contributed by atoms with Gasteiger partial charge in [-0.05, 0) is 60.9 Å². The van der Waals surface area contributed by atoms with E-state index in [4.69, 9.17) is 4.74 Å². The van der Waals surface area contributed by atoms with Crippen molar-refractivity contribution in [2.24, 2.45) is 5.10 Å². The van der Waals surface area contributed by atoms with Crippen molar-refractivity contribution in [2.45, 2.75) is 26.7 Å². The van der Waals surface area contributed by atoms with Gasteiger partial charge in [0, 0.05) is 18.5 Å². The lowest BCUT2D eigenvalue weighted by Crippen LogP contribution is -2.38. The van der Waals surface area contributed by atoms with Crippen molar-refractivity contribution in [1.82, 2.24) is 5.01 Å². The minimum Gasteiger partial charge on any atom is -0.497 e. The molecular formula is C21H23N3O3. The van der Waals surface area contributed by atoms with Gasteiger partial charge in [0.15, 0.2) is 0 Å². The molecule has 1 heterocycles. The smallest absolute Gasteiger partial charge is 0.246 e. The summed E-state index contributed by atoms with van der Waals surface area (Å²) >= 11 is 0. The lowest BCUT2D eigenvalue weighted by atomic mass is 10.0. The summed E-state index contributed by atoms with van der Waals surface area (Å²) in [5.41, 5.74) is 4.57. The summed E-state index contributed by atoms with van der Waals surface area (Å²) in [6.45, 7) is 3.84. The molecule has 1 N–H and O–H groups in total. The summed E-state index contributed by atoms with van der Waals surface area (Å²) < 4.78 is 5.16. The molecule has 2 aromatic carbocycles. The SMILES string of the molecule is COc1ccc(C2=NN(CC(=O)Nc3cccc(C)c3C)C(=O)CC2)cc1. The Morgan fingerprint density at radius 2 is 1.89 bits per heavy atom. The van der Waals surface area contributed by atoms with Crippen LogP contribution in [0.25, 0.3) is 0 Å². The van der Waals surface area contributed by atoms with E-state index in [1.165, 1.54) is 5.01 Å². The van der Waals surface area contributed by atoms with Crippen molar-refractivity contribution in [3.8, 4) is 5.75 Å². The van der Waals surface area contributed by atoms with Crippen LogP contribution in [0.4, 0.5) is 5.69 Å². The van der Waals surface area contributed by atoms with Gasteiger partial charge >= 0.3 is 0 Å². The summed E-state index contributed by atoms with van der Waals surface area (Å²) in [5.74, 6) is 0.344. The molecule has 0 spiro atoms. The molecule has 0 atom stereocenters. The van der Waals surface area contributed by atoms with E-state index >= 15 is 0 Å². The number of nitrogens with zero attached hydrogens (tertiary/aromatic N) is 2. The van der Waals surface area contributed by atoms with Crippen molar-refractivity contribution in [2.75, 3.05) is 19.0 Å². The Kier molecular flexibility index (Phi) is 5.54. The van der Waals surface area contributed by atoms with Crippen LogP contribution in [0.2, 0.25) is 0 Å². The number of hydrogen-bond acceptors (Lipinski definition) is 4. The Balaban J connectivity index is 1.73. The molecule has 0 aliphatic carbocycles. The fourth-order valence-electron chi connectivity index (χ4n) is 2.93. The van der Waals surface area contributed by atoms with Gasteiger partial charge < -0.3 is 10.1 Å². The number of aryl methyl sites for hydroxylation is 1. The zero-order valence-electron chi connectivity index (χ0n) is 15.8. The van der Waals surface area contributed by atoms with Gasteiger partial charge in [-0.15, -0.1) is 0 Å². The van der Waals surface area contributed by atoms with Crippen LogP contribution in [0.5, 0.6) is 5.75 Å². The fourth-order valence-corrected chi connectivity index (χ4v) is 2.93. The number of methoxy groups -OCH3 is 1. The molecule has 0 aromatic heterocycles. The number of anilines is 1. The van der Waals surface area contributed by atoms with E-state index < -0.39 is 0 Å². The molecular weight excluding hydrogens is 342 g/mol. The predicted molar refractivity (Wildman–Crippen MR) is 105 cm³/mol. The van der Waals surface area contributed by atoms with Gasteiger partial charge in [-0.3, -0.25) is 9.59 Å². The number of ether oxygens (including phenoxy) is 1. The van der Waals surface area contributed by atoms with E-state index in [0.29, 0.717) is 12.8 Å². The van der Waals surface area contributed by atoms with Crippen molar-refractivity contribution >= 4 is 23.2 Å². The summed E-state index contributed by atoms with van der Waals surface area (Å²) in [6, 6.07) is 13.3. The Morgan fingerprint density at radius 1 is 1.15 bits per heavy atom. The summed E-state index contributed by atoms with van der Waals surface area (Å²) in [4.78, 5) is 24.6. The first kappa shape index (κ1) is 18.6. The highest BCUT2D eigenvalue weighted by molar-refractivity contribution is 6.05. The summed E-state index contributed by atoms with van der Waals surface area (Å²) in [5, 5.41) is 8.53. The van der Waals surface area contributed by atoms with Gasteiger partial charge in [-0.25, -0.2) is 5.01 Å². The van der Waals surface area contributed by atoms with E-state index in [1.807, 2.05) is 56.3 Å². The molecule has 6 heteroatoms. The molecule has 1 aliphatic heterocycles. The second-order valence-electron chi connectivity index (χ2n) is 6.52. The minimum absolute atomic E-state index is 0.105. The zero-order chi connectivity index (χ0) is 19.4. The van der Waals surface area contributed by atoms with E-state index in [1.54, 1.807) is 7.11 Å². The highest BCUT2D eigenvalue weighted by Gasteiger charge is 2.23. The second-order valence-corrected chi connectivity index (χ2v) is 6.52. The number of rotatable bonds is 5. The number of hydrogen-bond donors (Lipinski definition) is 1. The van der Waals surface area contributed by atoms with E-state index in [2.05, 4.69) is 10.4 Å². The van der Waals surface area contributed by atoms with Gasteiger partial charge in [-0.1, -0.05) is 12.1 Å². The Morgan fingerprint density at radius 3 is 2.59 bits per heavy atom. The Labute approximate surface area is 158 Å². The van der Waals surface area contributed by atoms with Crippen LogP contribution in [-0.4, -0.2) is 36.2 Å². The average molecular weight is 365 g/mol. The summed E-state index contributed by atoms with van der Waals surface area (Å²) in [6.07, 6.45) is 0.891. The van der Waals surface area contributed by atoms with Gasteiger partial charge in [0.2, 0.25) is 11.8 Å². The van der Waals surface area contributed by atoms with Crippen molar-refractivity contribution < 1.29 is 14.3 Å². The normalized spacial score (nSPS) is 14.0. The quantitative estimate of drug-likeness (QED) is 0.884. The van der Waals surface area contributed by atoms with Crippen LogP contribution in [0.15, 0.2) is 47.6 Å². The van der Waals surface area contributed by atoms with Crippen LogP contribution < -0.4 is 10.1 Å². The van der Waals surface area contributed by atoms with E-state index in [9.17, 15) is 9.59 Å². The van der Waals surface area contributed by atoms with Crippen LogP contribution in [0.3, 0.4) is 0 Å². The molecule has 0 saturated heterocycles. The third kappa shape index (κ3) is 4.34. The standard InChI is InChI=1S/C21H23N3O3/c1-14-5-4-6-18(15(14)2)22-20(25)13-24-21(26)12-11-19(23-24)16-7-9-17(27-3)10-8-16/h4-10H,11-13H2,1-3H3,(H,22,25). The number of carbonyl (C=O) groups excluding carboxylic acids is 2. The van der Waals surface area contributed by atoms with Crippen molar-refractivity contribution in [3.05, 3.63) is 59.2 Å². The van der Waals surface area contributed by atoms with Crippen molar-refractivity contribution in [3.63, 3.8) is 0 Å². The molecule has 0 unspecified atom stereocenters. The first-order chi connectivity index (χ1) is 13.0. The Hall–Kier alpha value is -3.15. The lowest BCUT2D eigenvalue weighted by Gasteiger charge is -2.23. The van der Waals surface area contributed by atoms with E-state index in [0.717, 1.165) is 33.8 Å². The number of benzene rings is 2.